The van der Waals surface area contributed by atoms with Gasteiger partial charge in [0.25, 0.3) is 0 Å². The molecule has 2 aromatic rings. The van der Waals surface area contributed by atoms with Crippen LogP contribution in [-0.2, 0) is 11.3 Å². The van der Waals surface area contributed by atoms with Gasteiger partial charge in [-0.1, -0.05) is 18.2 Å². The molecule has 5 nitrogen and oxygen atoms in total. The second-order valence-electron chi connectivity index (χ2n) is 6.40. The molecule has 1 unspecified atom stereocenters. The maximum Gasteiger partial charge on any atom is 0.387 e. The summed E-state index contributed by atoms with van der Waals surface area (Å²) in [6.45, 7) is -2.60. The minimum Gasteiger partial charge on any atom is -0.493 e. The van der Waals surface area contributed by atoms with Gasteiger partial charge in [0.2, 0.25) is 5.91 Å². The quantitative estimate of drug-likeness (QED) is 0.598. The minimum atomic E-state index is -3.00. The van der Waals surface area contributed by atoms with Gasteiger partial charge in [0, 0.05) is 29.6 Å². The van der Waals surface area contributed by atoms with E-state index in [-0.39, 0.29) is 23.4 Å². The van der Waals surface area contributed by atoms with Crippen LogP contribution in [-0.4, -0.2) is 47.1 Å². The number of hydrogen-bond acceptors (Lipinski definition) is 5. The molecule has 0 bridgehead atoms. The zero-order valence-corrected chi connectivity index (χ0v) is 16.8. The van der Waals surface area contributed by atoms with Crippen LogP contribution in [0.3, 0.4) is 0 Å². The summed E-state index contributed by atoms with van der Waals surface area (Å²) in [7, 11) is 1.37. The standard InChI is InChI=1S/C21H22F2N2O3S/c1-27-18-7-4-5-15(20(18)28-21(22)23)8-9-19(26)25(17-10-12-29-14-17)13-16-6-2-3-11-24-16/h2-9,11,17,21H,10,12-14H2,1H3/b9-8+. The number of para-hydroxylation sites is 1. The Morgan fingerprint density at radius 2 is 2.21 bits per heavy atom. The highest BCUT2D eigenvalue weighted by atomic mass is 32.2. The van der Waals surface area contributed by atoms with E-state index >= 15 is 0 Å². The summed E-state index contributed by atoms with van der Waals surface area (Å²) in [5.74, 6) is 1.75. The van der Waals surface area contributed by atoms with E-state index in [4.69, 9.17) is 4.74 Å². The number of methoxy groups -OCH3 is 1. The molecule has 1 atom stereocenters. The number of ether oxygens (including phenoxy) is 2. The van der Waals surface area contributed by atoms with Crippen LogP contribution in [0.1, 0.15) is 17.7 Å². The Hall–Kier alpha value is -2.61. The summed E-state index contributed by atoms with van der Waals surface area (Å²) in [5.41, 5.74) is 1.14. The van der Waals surface area contributed by atoms with Crippen LogP contribution in [0.2, 0.25) is 0 Å². The molecular weight excluding hydrogens is 398 g/mol. The number of carbonyl (C=O) groups is 1. The molecule has 1 aliphatic heterocycles. The van der Waals surface area contributed by atoms with Gasteiger partial charge in [-0.05, 0) is 36.4 Å². The second-order valence-corrected chi connectivity index (χ2v) is 7.54. The number of thioether (sulfide) groups is 1. The van der Waals surface area contributed by atoms with Crippen molar-refractivity contribution in [2.24, 2.45) is 0 Å². The molecular formula is C21H22F2N2O3S. The van der Waals surface area contributed by atoms with Gasteiger partial charge >= 0.3 is 6.61 Å². The summed E-state index contributed by atoms with van der Waals surface area (Å²) >= 11 is 1.81. The van der Waals surface area contributed by atoms with Gasteiger partial charge in [-0.15, -0.1) is 0 Å². The lowest BCUT2D eigenvalue weighted by atomic mass is 10.1. The van der Waals surface area contributed by atoms with E-state index in [0.717, 1.165) is 23.6 Å². The summed E-state index contributed by atoms with van der Waals surface area (Å²) in [4.78, 5) is 19.1. The highest BCUT2D eigenvalue weighted by Crippen LogP contribution is 2.33. The number of benzene rings is 1. The lowest BCUT2D eigenvalue weighted by molar-refractivity contribution is -0.128. The Kier molecular flexibility index (Phi) is 7.46. The fourth-order valence-electron chi connectivity index (χ4n) is 3.12. The van der Waals surface area contributed by atoms with E-state index in [9.17, 15) is 13.6 Å². The average Bonchev–Trinajstić information content (AvgIpc) is 3.26. The van der Waals surface area contributed by atoms with Crippen molar-refractivity contribution in [3.05, 3.63) is 59.9 Å². The van der Waals surface area contributed by atoms with Gasteiger partial charge in [-0.3, -0.25) is 9.78 Å². The molecule has 0 saturated carbocycles. The van der Waals surface area contributed by atoms with Crippen molar-refractivity contribution in [3.8, 4) is 11.5 Å². The maximum absolute atomic E-state index is 13.0. The van der Waals surface area contributed by atoms with E-state index in [2.05, 4.69) is 9.72 Å². The zero-order valence-electron chi connectivity index (χ0n) is 16.0. The number of nitrogens with zero attached hydrogens (tertiary/aromatic N) is 2. The molecule has 0 radical (unpaired) electrons. The van der Waals surface area contributed by atoms with E-state index < -0.39 is 6.61 Å². The Bertz CT molecular complexity index is 843. The lowest BCUT2D eigenvalue weighted by Gasteiger charge is -2.27. The average molecular weight is 420 g/mol. The molecule has 1 aromatic heterocycles. The minimum absolute atomic E-state index is 0.0956. The van der Waals surface area contributed by atoms with Crippen molar-refractivity contribution in [1.29, 1.82) is 0 Å². The molecule has 3 rings (SSSR count). The van der Waals surface area contributed by atoms with Gasteiger partial charge in [-0.2, -0.15) is 20.5 Å². The molecule has 2 heterocycles. The number of alkyl halides is 2. The zero-order chi connectivity index (χ0) is 20.6. The van der Waals surface area contributed by atoms with E-state index in [0.29, 0.717) is 12.1 Å². The number of pyridine rings is 1. The Morgan fingerprint density at radius 1 is 1.34 bits per heavy atom. The highest BCUT2D eigenvalue weighted by molar-refractivity contribution is 7.99. The monoisotopic (exact) mass is 420 g/mol. The molecule has 0 spiro atoms. The first-order chi connectivity index (χ1) is 14.1. The molecule has 1 fully saturated rings. The first-order valence-corrected chi connectivity index (χ1v) is 10.3. The predicted molar refractivity (Wildman–Crippen MR) is 109 cm³/mol. The molecule has 1 aromatic carbocycles. The normalized spacial score (nSPS) is 16.3. The third-order valence-corrected chi connectivity index (χ3v) is 5.67. The predicted octanol–water partition coefficient (Wildman–Crippen LogP) is 4.24. The van der Waals surface area contributed by atoms with Crippen LogP contribution in [0.25, 0.3) is 6.08 Å². The second kappa shape index (κ2) is 10.2. The maximum atomic E-state index is 13.0. The summed E-state index contributed by atoms with van der Waals surface area (Å²) in [6.07, 6.45) is 5.48. The van der Waals surface area contributed by atoms with Gasteiger partial charge in [-0.25, -0.2) is 0 Å². The van der Waals surface area contributed by atoms with E-state index in [1.54, 1.807) is 23.2 Å². The summed E-state index contributed by atoms with van der Waals surface area (Å²) in [5, 5.41) is 0. The van der Waals surface area contributed by atoms with Crippen molar-refractivity contribution in [2.75, 3.05) is 18.6 Å². The Morgan fingerprint density at radius 3 is 2.86 bits per heavy atom. The topological polar surface area (TPSA) is 51.7 Å². The molecule has 1 aliphatic rings. The van der Waals surface area contributed by atoms with Crippen molar-refractivity contribution in [2.45, 2.75) is 25.6 Å². The number of carbonyl (C=O) groups excluding carboxylic acids is 1. The first-order valence-electron chi connectivity index (χ1n) is 9.16. The van der Waals surface area contributed by atoms with Crippen LogP contribution in [0.15, 0.2) is 48.7 Å². The summed E-state index contributed by atoms with van der Waals surface area (Å²) < 4.78 is 35.3. The van der Waals surface area contributed by atoms with E-state index in [1.807, 2.05) is 30.0 Å². The van der Waals surface area contributed by atoms with E-state index in [1.165, 1.54) is 25.3 Å². The highest BCUT2D eigenvalue weighted by Gasteiger charge is 2.26. The van der Waals surface area contributed by atoms with Gasteiger partial charge in [0.1, 0.15) is 0 Å². The third-order valence-electron chi connectivity index (χ3n) is 4.53. The molecule has 8 heteroatoms. The smallest absolute Gasteiger partial charge is 0.387 e. The fourth-order valence-corrected chi connectivity index (χ4v) is 4.34. The van der Waals surface area contributed by atoms with Crippen molar-refractivity contribution >= 4 is 23.7 Å². The number of rotatable bonds is 8. The largest absolute Gasteiger partial charge is 0.493 e. The van der Waals surface area contributed by atoms with Crippen LogP contribution in [0, 0.1) is 0 Å². The van der Waals surface area contributed by atoms with Crippen LogP contribution in [0.4, 0.5) is 8.78 Å². The van der Waals surface area contributed by atoms with Gasteiger partial charge in [0.15, 0.2) is 11.5 Å². The third kappa shape index (κ3) is 5.69. The van der Waals surface area contributed by atoms with Crippen molar-refractivity contribution in [3.63, 3.8) is 0 Å². The van der Waals surface area contributed by atoms with Crippen LogP contribution < -0.4 is 9.47 Å². The molecule has 1 saturated heterocycles. The molecule has 1 amide bonds. The van der Waals surface area contributed by atoms with Gasteiger partial charge in [0.05, 0.1) is 19.3 Å². The number of hydrogen-bond donors (Lipinski definition) is 0. The first kappa shape index (κ1) is 21.1. The number of aromatic nitrogens is 1. The van der Waals surface area contributed by atoms with Crippen molar-refractivity contribution < 1.29 is 23.0 Å². The molecule has 154 valence electrons. The van der Waals surface area contributed by atoms with Crippen LogP contribution >= 0.6 is 11.8 Å². The lowest BCUT2D eigenvalue weighted by Crippen LogP contribution is -2.39. The van der Waals surface area contributed by atoms with Gasteiger partial charge < -0.3 is 14.4 Å². The number of halogens is 2. The van der Waals surface area contributed by atoms with Crippen LogP contribution in [0.5, 0.6) is 11.5 Å². The SMILES string of the molecule is COc1cccc(/C=C/C(=O)N(Cc2ccccn2)C2CCSC2)c1OC(F)F. The molecule has 0 aliphatic carbocycles. The van der Waals surface area contributed by atoms with Crippen molar-refractivity contribution in [1.82, 2.24) is 9.88 Å². The fraction of sp³-hybridized carbons (Fsp3) is 0.333. The summed E-state index contributed by atoms with van der Waals surface area (Å²) in [6, 6.07) is 10.5. The Balaban J connectivity index is 1.83. The molecule has 0 N–H and O–H groups in total. The Labute approximate surface area is 172 Å². The molecule has 29 heavy (non-hydrogen) atoms. The number of amides is 1.